The van der Waals surface area contributed by atoms with Gasteiger partial charge in [-0.2, -0.15) is 0 Å². The summed E-state index contributed by atoms with van der Waals surface area (Å²) < 4.78 is 4.85. The molecule has 4 nitrogen and oxygen atoms in total. The van der Waals surface area contributed by atoms with Crippen molar-refractivity contribution in [1.29, 1.82) is 0 Å². The lowest BCUT2D eigenvalue weighted by Gasteiger charge is -2.15. The molecule has 4 heteroatoms. The summed E-state index contributed by atoms with van der Waals surface area (Å²) in [6.45, 7) is 0. The minimum Gasteiger partial charge on any atom is -0.479 e. The smallest absolute Gasteiger partial charge is 0.333 e. The molecule has 1 aliphatic rings. The summed E-state index contributed by atoms with van der Waals surface area (Å²) in [5, 5.41) is 8.76. The normalized spacial score (nSPS) is 18.4. The van der Waals surface area contributed by atoms with Gasteiger partial charge in [0.25, 0.3) is 0 Å². The number of aliphatic carboxylic acids is 1. The SMILES string of the molecule is CO[C@@H](CC1=CC=C(N)CC1)C(=O)O. The molecule has 0 bridgehead atoms. The van der Waals surface area contributed by atoms with Crippen LogP contribution in [0.4, 0.5) is 0 Å². The third-order valence-corrected chi connectivity index (χ3v) is 2.28. The second-order valence-corrected chi connectivity index (χ2v) is 3.33. The van der Waals surface area contributed by atoms with Crippen LogP contribution in [0.2, 0.25) is 0 Å². The zero-order valence-corrected chi connectivity index (χ0v) is 8.19. The van der Waals surface area contributed by atoms with Gasteiger partial charge in [-0.15, -0.1) is 0 Å². The number of hydrogen-bond acceptors (Lipinski definition) is 3. The van der Waals surface area contributed by atoms with Gasteiger partial charge in [0.1, 0.15) is 0 Å². The number of ether oxygens (including phenoxy) is 1. The molecule has 78 valence electrons. The first kappa shape index (κ1) is 10.8. The van der Waals surface area contributed by atoms with Crippen LogP contribution >= 0.6 is 0 Å². The van der Waals surface area contributed by atoms with Gasteiger partial charge in [-0.25, -0.2) is 4.79 Å². The topological polar surface area (TPSA) is 72.5 Å². The van der Waals surface area contributed by atoms with Crippen molar-refractivity contribution >= 4 is 5.97 Å². The number of allylic oxidation sites excluding steroid dienone is 3. The van der Waals surface area contributed by atoms with E-state index in [0.717, 1.165) is 24.1 Å². The predicted molar refractivity (Wildman–Crippen MR) is 52.6 cm³/mol. The van der Waals surface area contributed by atoms with Gasteiger partial charge in [-0.3, -0.25) is 0 Å². The lowest BCUT2D eigenvalue weighted by Crippen LogP contribution is -2.23. The molecule has 0 fully saturated rings. The van der Waals surface area contributed by atoms with Crippen molar-refractivity contribution in [3.63, 3.8) is 0 Å². The second-order valence-electron chi connectivity index (χ2n) is 3.33. The molecule has 0 saturated heterocycles. The molecule has 0 radical (unpaired) electrons. The zero-order valence-electron chi connectivity index (χ0n) is 8.19. The van der Waals surface area contributed by atoms with Gasteiger partial charge in [-0.1, -0.05) is 11.6 Å². The number of hydrogen-bond donors (Lipinski definition) is 2. The summed E-state index contributed by atoms with van der Waals surface area (Å²) in [6.07, 6.45) is 5.04. The van der Waals surface area contributed by atoms with Crippen molar-refractivity contribution in [1.82, 2.24) is 0 Å². The summed E-state index contributed by atoms with van der Waals surface area (Å²) in [5.41, 5.74) is 7.51. The Balaban J connectivity index is 2.55. The molecular weight excluding hydrogens is 182 g/mol. The summed E-state index contributed by atoms with van der Waals surface area (Å²) in [5.74, 6) is -0.920. The summed E-state index contributed by atoms with van der Waals surface area (Å²) >= 11 is 0. The van der Waals surface area contributed by atoms with E-state index in [0.29, 0.717) is 6.42 Å². The fraction of sp³-hybridized carbons (Fsp3) is 0.500. The molecule has 0 aromatic heterocycles. The highest BCUT2D eigenvalue weighted by Crippen LogP contribution is 2.20. The van der Waals surface area contributed by atoms with Gasteiger partial charge < -0.3 is 15.6 Å². The first-order valence-corrected chi connectivity index (χ1v) is 4.53. The van der Waals surface area contributed by atoms with Crippen molar-refractivity contribution in [3.8, 4) is 0 Å². The van der Waals surface area contributed by atoms with Gasteiger partial charge in [0.15, 0.2) is 6.10 Å². The minimum atomic E-state index is -0.920. The van der Waals surface area contributed by atoms with Gasteiger partial charge >= 0.3 is 5.97 Å². The molecule has 0 amide bonds. The Kier molecular flexibility index (Phi) is 3.71. The zero-order chi connectivity index (χ0) is 10.6. The number of carboxylic acid groups (broad SMARTS) is 1. The monoisotopic (exact) mass is 197 g/mol. The van der Waals surface area contributed by atoms with E-state index >= 15 is 0 Å². The Morgan fingerprint density at radius 3 is 2.79 bits per heavy atom. The van der Waals surface area contributed by atoms with Crippen LogP contribution < -0.4 is 5.73 Å². The van der Waals surface area contributed by atoms with Crippen molar-refractivity contribution in [3.05, 3.63) is 23.4 Å². The largest absolute Gasteiger partial charge is 0.479 e. The van der Waals surface area contributed by atoms with Crippen LogP contribution in [0.25, 0.3) is 0 Å². The van der Waals surface area contributed by atoms with Crippen molar-refractivity contribution in [2.45, 2.75) is 25.4 Å². The van der Waals surface area contributed by atoms with E-state index in [-0.39, 0.29) is 0 Å². The van der Waals surface area contributed by atoms with E-state index < -0.39 is 12.1 Å². The van der Waals surface area contributed by atoms with Gasteiger partial charge in [0.05, 0.1) is 0 Å². The van der Waals surface area contributed by atoms with Crippen LogP contribution in [0.1, 0.15) is 19.3 Å². The van der Waals surface area contributed by atoms with Crippen LogP contribution in [-0.2, 0) is 9.53 Å². The predicted octanol–water partition coefficient (Wildman–Crippen LogP) is 1.04. The summed E-state index contributed by atoms with van der Waals surface area (Å²) in [6, 6.07) is 0. The molecule has 0 aromatic rings. The van der Waals surface area contributed by atoms with Crippen LogP contribution in [0.15, 0.2) is 23.4 Å². The number of nitrogens with two attached hydrogens (primary N) is 1. The third kappa shape index (κ3) is 2.88. The Morgan fingerprint density at radius 2 is 2.36 bits per heavy atom. The third-order valence-electron chi connectivity index (χ3n) is 2.28. The fourth-order valence-electron chi connectivity index (χ4n) is 1.38. The molecule has 0 saturated carbocycles. The molecule has 3 N–H and O–H groups in total. The van der Waals surface area contributed by atoms with Gasteiger partial charge in [0.2, 0.25) is 0 Å². The maximum atomic E-state index is 10.7. The maximum absolute atomic E-state index is 10.7. The molecule has 1 rings (SSSR count). The van der Waals surface area contributed by atoms with Crippen molar-refractivity contribution in [2.75, 3.05) is 7.11 Å². The minimum absolute atomic E-state index is 0.440. The number of carbonyl (C=O) groups is 1. The van der Waals surface area contributed by atoms with E-state index in [9.17, 15) is 4.79 Å². The quantitative estimate of drug-likeness (QED) is 0.706. The number of methoxy groups -OCH3 is 1. The number of carboxylic acids is 1. The van der Waals surface area contributed by atoms with E-state index in [1.807, 2.05) is 12.2 Å². The molecule has 0 unspecified atom stereocenters. The molecule has 1 aliphatic carbocycles. The average Bonchev–Trinajstić information content (AvgIpc) is 2.16. The summed E-state index contributed by atoms with van der Waals surface area (Å²) in [4.78, 5) is 10.7. The molecule has 1 atom stereocenters. The van der Waals surface area contributed by atoms with Gasteiger partial charge in [0, 0.05) is 19.2 Å². The lowest BCUT2D eigenvalue weighted by molar-refractivity contribution is -0.148. The van der Waals surface area contributed by atoms with Crippen LogP contribution in [0.5, 0.6) is 0 Å². The molecule has 0 aromatic carbocycles. The van der Waals surface area contributed by atoms with Crippen molar-refractivity contribution in [2.24, 2.45) is 5.73 Å². The second kappa shape index (κ2) is 4.81. The van der Waals surface area contributed by atoms with E-state index in [1.165, 1.54) is 7.11 Å². The van der Waals surface area contributed by atoms with Crippen LogP contribution in [0.3, 0.4) is 0 Å². The van der Waals surface area contributed by atoms with E-state index in [1.54, 1.807) is 0 Å². The van der Waals surface area contributed by atoms with Crippen LogP contribution in [0, 0.1) is 0 Å². The Bertz CT molecular complexity index is 281. The highest BCUT2D eigenvalue weighted by Gasteiger charge is 2.18. The van der Waals surface area contributed by atoms with E-state index in [4.69, 9.17) is 15.6 Å². The molecule has 0 spiro atoms. The lowest BCUT2D eigenvalue weighted by atomic mass is 9.98. The Morgan fingerprint density at radius 1 is 1.64 bits per heavy atom. The Hall–Kier alpha value is -1.29. The van der Waals surface area contributed by atoms with E-state index in [2.05, 4.69) is 0 Å². The first-order chi connectivity index (χ1) is 6.63. The maximum Gasteiger partial charge on any atom is 0.333 e. The molecule has 14 heavy (non-hydrogen) atoms. The fourth-order valence-corrected chi connectivity index (χ4v) is 1.38. The first-order valence-electron chi connectivity index (χ1n) is 4.53. The van der Waals surface area contributed by atoms with Gasteiger partial charge in [-0.05, 0) is 18.9 Å². The van der Waals surface area contributed by atoms with Crippen LogP contribution in [-0.4, -0.2) is 24.3 Å². The highest BCUT2D eigenvalue weighted by molar-refractivity contribution is 5.72. The molecule has 0 aliphatic heterocycles. The number of rotatable bonds is 4. The summed E-state index contributed by atoms with van der Waals surface area (Å²) in [7, 11) is 1.41. The highest BCUT2D eigenvalue weighted by atomic mass is 16.5. The average molecular weight is 197 g/mol. The Labute approximate surface area is 83.0 Å². The molecular formula is C10H15NO3. The standard InChI is InChI=1S/C10H15NO3/c1-14-9(10(12)13)6-7-2-4-8(11)5-3-7/h2,4,9H,3,5-6,11H2,1H3,(H,12,13)/t9-/m0/s1. The van der Waals surface area contributed by atoms with Crippen molar-refractivity contribution < 1.29 is 14.6 Å². The molecule has 0 heterocycles.